The topological polar surface area (TPSA) is 6.48 Å². The van der Waals surface area contributed by atoms with E-state index >= 15 is 0 Å². The van der Waals surface area contributed by atoms with E-state index in [9.17, 15) is 0 Å². The van der Waals surface area contributed by atoms with Gasteiger partial charge in [0.1, 0.15) is 0 Å². The van der Waals surface area contributed by atoms with Gasteiger partial charge in [-0.2, -0.15) is 0 Å². The molecule has 2 nitrogen and oxygen atoms in total. The molecule has 0 atom stereocenters. The summed E-state index contributed by atoms with van der Waals surface area (Å²) in [5.74, 6) is 0. The van der Waals surface area contributed by atoms with Gasteiger partial charge in [-0.15, -0.1) is 11.3 Å². The van der Waals surface area contributed by atoms with Crippen molar-refractivity contribution in [3.8, 4) is 11.1 Å². The van der Waals surface area contributed by atoms with Gasteiger partial charge in [-0.05, 0) is 99.6 Å². The van der Waals surface area contributed by atoms with E-state index < -0.39 is 0 Å². The van der Waals surface area contributed by atoms with Crippen LogP contribution in [0, 0.1) is 0 Å². The number of benzene rings is 9. The van der Waals surface area contributed by atoms with Gasteiger partial charge >= 0.3 is 0 Å². The Balaban J connectivity index is 1.25. The van der Waals surface area contributed by atoms with Crippen molar-refractivity contribution in [2.45, 2.75) is 19.3 Å². The third-order valence-corrected chi connectivity index (χ3v) is 12.9. The van der Waals surface area contributed by atoms with E-state index in [2.05, 4.69) is 218 Å². The lowest BCUT2D eigenvalue weighted by molar-refractivity contribution is 0.661. The van der Waals surface area contributed by atoms with Crippen molar-refractivity contribution < 1.29 is 0 Å². The highest BCUT2D eigenvalue weighted by Gasteiger charge is 2.39. The van der Waals surface area contributed by atoms with Crippen LogP contribution < -0.4 is 9.80 Å². The Labute approximate surface area is 331 Å². The number of hydrogen-bond donors (Lipinski definition) is 0. The molecule has 0 unspecified atom stereocenters. The SMILES string of the molecule is CC1(C)c2ccccc2-c2c1cc1c(ccc3ccccc31)c2N(c1cccc(N(c2ccccc2)c2ccccc2)c1)c1ccc2c(c1)sc1ccccc12. The first-order valence-electron chi connectivity index (χ1n) is 19.4. The molecule has 0 bridgehead atoms. The predicted octanol–water partition coefficient (Wildman–Crippen LogP) is 15.6. The van der Waals surface area contributed by atoms with Gasteiger partial charge < -0.3 is 9.80 Å². The number of para-hydroxylation sites is 2. The van der Waals surface area contributed by atoms with Gasteiger partial charge in [-0.25, -0.2) is 0 Å². The Morgan fingerprint density at radius 3 is 1.75 bits per heavy atom. The first-order chi connectivity index (χ1) is 27.5. The highest BCUT2D eigenvalue weighted by Crippen LogP contribution is 2.57. The van der Waals surface area contributed by atoms with E-state index in [-0.39, 0.29) is 5.41 Å². The Morgan fingerprint density at radius 1 is 0.375 bits per heavy atom. The van der Waals surface area contributed by atoms with Crippen LogP contribution in [0.15, 0.2) is 194 Å². The van der Waals surface area contributed by atoms with Crippen molar-refractivity contribution in [2.24, 2.45) is 0 Å². The van der Waals surface area contributed by atoms with Crippen LogP contribution in [0.5, 0.6) is 0 Å². The standard InChI is InChI=1S/C53H38N2S/c1-53(2)47-26-13-11-25-45(47)51-48(53)34-46-41-23-10-9-16-35(41)28-30-44(46)52(51)55(40-29-31-43-42-24-12-14-27-49(42)56-50(43)33-40)39-22-15-21-38(32-39)54(36-17-5-3-6-18-36)37-19-7-4-8-20-37/h3-34H,1-2H3. The summed E-state index contributed by atoms with van der Waals surface area (Å²) in [5, 5.41) is 7.64. The van der Waals surface area contributed by atoms with Crippen molar-refractivity contribution in [3.63, 3.8) is 0 Å². The Bertz CT molecular complexity index is 3080. The van der Waals surface area contributed by atoms with Crippen LogP contribution in [0.1, 0.15) is 25.0 Å². The zero-order valence-corrected chi connectivity index (χ0v) is 32.1. The molecule has 0 spiro atoms. The smallest absolute Gasteiger partial charge is 0.0621 e. The van der Waals surface area contributed by atoms with E-state index in [1.54, 1.807) is 0 Å². The molecule has 0 N–H and O–H groups in total. The minimum atomic E-state index is -0.188. The first kappa shape index (κ1) is 32.7. The molecule has 266 valence electrons. The van der Waals surface area contributed by atoms with E-state index in [4.69, 9.17) is 0 Å². The van der Waals surface area contributed by atoms with E-state index in [1.807, 2.05) is 11.3 Å². The first-order valence-corrected chi connectivity index (χ1v) is 20.2. The van der Waals surface area contributed by atoms with Crippen LogP contribution in [0.4, 0.5) is 34.1 Å². The summed E-state index contributed by atoms with van der Waals surface area (Å²) in [6.45, 7) is 4.79. The maximum atomic E-state index is 2.55. The van der Waals surface area contributed by atoms with E-state index in [0.29, 0.717) is 0 Å². The van der Waals surface area contributed by atoms with Gasteiger partial charge in [0.15, 0.2) is 0 Å². The lowest BCUT2D eigenvalue weighted by Crippen LogP contribution is -2.17. The quantitative estimate of drug-likeness (QED) is 0.157. The minimum absolute atomic E-state index is 0.188. The second-order valence-electron chi connectivity index (χ2n) is 15.3. The molecule has 0 saturated heterocycles. The molecule has 11 rings (SSSR count). The third kappa shape index (κ3) is 5.01. The van der Waals surface area contributed by atoms with Crippen molar-refractivity contribution in [3.05, 3.63) is 205 Å². The highest BCUT2D eigenvalue weighted by atomic mass is 32.1. The molecule has 1 heterocycles. The molecule has 56 heavy (non-hydrogen) atoms. The van der Waals surface area contributed by atoms with Gasteiger partial charge in [0, 0.05) is 65.0 Å². The summed E-state index contributed by atoms with van der Waals surface area (Å²) in [6, 6.07) is 71.4. The number of nitrogens with zero attached hydrogens (tertiary/aromatic N) is 2. The van der Waals surface area contributed by atoms with Crippen molar-refractivity contribution in [1.29, 1.82) is 0 Å². The highest BCUT2D eigenvalue weighted by molar-refractivity contribution is 7.25. The lowest BCUT2D eigenvalue weighted by Gasteiger charge is -2.32. The molecule has 0 saturated carbocycles. The average molecular weight is 735 g/mol. The maximum absolute atomic E-state index is 2.55. The van der Waals surface area contributed by atoms with Crippen LogP contribution in [0.2, 0.25) is 0 Å². The average Bonchev–Trinajstić information content (AvgIpc) is 3.73. The second-order valence-corrected chi connectivity index (χ2v) is 16.4. The molecule has 1 aromatic heterocycles. The fourth-order valence-corrected chi connectivity index (χ4v) is 10.3. The van der Waals surface area contributed by atoms with E-state index in [1.165, 1.54) is 69.7 Å². The molecule has 1 aliphatic rings. The third-order valence-electron chi connectivity index (χ3n) is 11.8. The zero-order valence-electron chi connectivity index (χ0n) is 31.3. The van der Waals surface area contributed by atoms with Crippen molar-refractivity contribution in [2.75, 3.05) is 9.80 Å². The minimum Gasteiger partial charge on any atom is -0.310 e. The number of anilines is 6. The number of fused-ring (bicyclic) bond motifs is 9. The molecule has 0 radical (unpaired) electrons. The van der Waals surface area contributed by atoms with Crippen LogP contribution in [-0.2, 0) is 5.41 Å². The Kier molecular flexibility index (Phi) is 7.42. The molecule has 0 fully saturated rings. The Morgan fingerprint density at radius 2 is 0.964 bits per heavy atom. The fraction of sp³-hybridized carbons (Fsp3) is 0.0566. The molecule has 1 aliphatic carbocycles. The van der Waals surface area contributed by atoms with Crippen LogP contribution >= 0.6 is 11.3 Å². The second kappa shape index (κ2) is 12.7. The summed E-state index contributed by atoms with van der Waals surface area (Å²) in [6.07, 6.45) is 0. The van der Waals surface area contributed by atoms with Crippen molar-refractivity contribution in [1.82, 2.24) is 0 Å². The summed E-state index contributed by atoms with van der Waals surface area (Å²) >= 11 is 1.87. The lowest BCUT2D eigenvalue weighted by atomic mass is 9.81. The van der Waals surface area contributed by atoms with Gasteiger partial charge in [0.05, 0.1) is 5.69 Å². The molecule has 0 aliphatic heterocycles. The molecule has 3 heteroatoms. The molecule has 0 amide bonds. The van der Waals surface area contributed by atoms with Gasteiger partial charge in [0.2, 0.25) is 0 Å². The monoisotopic (exact) mass is 734 g/mol. The summed E-state index contributed by atoms with van der Waals surface area (Å²) < 4.78 is 2.59. The Hall–Kier alpha value is -6.68. The fourth-order valence-electron chi connectivity index (χ4n) is 9.16. The van der Waals surface area contributed by atoms with Crippen LogP contribution in [0.25, 0.3) is 52.8 Å². The predicted molar refractivity (Wildman–Crippen MR) is 241 cm³/mol. The summed E-state index contributed by atoms with van der Waals surface area (Å²) in [5.41, 5.74) is 11.9. The largest absolute Gasteiger partial charge is 0.310 e. The molecular weight excluding hydrogens is 697 g/mol. The number of rotatable bonds is 6. The van der Waals surface area contributed by atoms with Gasteiger partial charge in [0.25, 0.3) is 0 Å². The maximum Gasteiger partial charge on any atom is 0.0621 e. The van der Waals surface area contributed by atoms with Crippen LogP contribution in [-0.4, -0.2) is 0 Å². The number of thiophene rings is 1. The zero-order chi connectivity index (χ0) is 37.4. The van der Waals surface area contributed by atoms with Gasteiger partial charge in [-0.3, -0.25) is 0 Å². The van der Waals surface area contributed by atoms with E-state index in [0.717, 1.165) is 28.4 Å². The normalized spacial score (nSPS) is 13.0. The summed E-state index contributed by atoms with van der Waals surface area (Å²) in [7, 11) is 0. The summed E-state index contributed by atoms with van der Waals surface area (Å²) in [4.78, 5) is 4.91. The molecular formula is C53H38N2S. The van der Waals surface area contributed by atoms with Crippen molar-refractivity contribution >= 4 is 87.2 Å². The van der Waals surface area contributed by atoms with Crippen LogP contribution in [0.3, 0.4) is 0 Å². The van der Waals surface area contributed by atoms with Gasteiger partial charge in [-0.1, -0.05) is 141 Å². The molecule has 9 aromatic carbocycles. The molecule has 10 aromatic rings. The number of hydrogen-bond acceptors (Lipinski definition) is 3.